The van der Waals surface area contributed by atoms with Crippen molar-refractivity contribution >= 4 is 22.7 Å². The average Bonchev–Trinajstić information content (AvgIpc) is 3.28. The minimum absolute atomic E-state index is 0.341. The molecule has 6 rings (SSSR count). The highest BCUT2D eigenvalue weighted by Crippen LogP contribution is 2.64. The fourth-order valence-corrected chi connectivity index (χ4v) is 8.17. The lowest BCUT2D eigenvalue weighted by Crippen LogP contribution is -2.48. The third kappa shape index (κ3) is 5.19. The van der Waals surface area contributed by atoms with E-state index in [1.54, 1.807) is 17.3 Å². The van der Waals surface area contributed by atoms with Crippen LogP contribution in [-0.2, 0) is 0 Å². The number of thioether (sulfide) groups is 1. The maximum Gasteiger partial charge on any atom is 0.0967 e. The van der Waals surface area contributed by atoms with Crippen LogP contribution in [0.3, 0.4) is 0 Å². The quantitative estimate of drug-likeness (QED) is 0.391. The first-order valence-electron chi connectivity index (χ1n) is 14.0. The van der Waals surface area contributed by atoms with Gasteiger partial charge in [0, 0.05) is 10.8 Å². The van der Waals surface area contributed by atoms with E-state index >= 15 is 0 Å². The molecule has 3 fully saturated rings. The normalized spacial score (nSPS) is 32.8. The second-order valence-corrected chi connectivity index (χ2v) is 12.4. The molecule has 1 nitrogen and oxygen atoms in total. The minimum atomic E-state index is 0.341. The van der Waals surface area contributed by atoms with Gasteiger partial charge in [-0.1, -0.05) is 95.7 Å². The molecule has 2 heteroatoms. The Morgan fingerprint density at radius 1 is 1.00 bits per heavy atom. The van der Waals surface area contributed by atoms with Gasteiger partial charge in [-0.2, -0.15) is 0 Å². The molecule has 0 saturated heterocycles. The Kier molecular flexibility index (Phi) is 8.31. The number of nitrogens with zero attached hydrogens (tertiary/aromatic N) is 1. The first-order chi connectivity index (χ1) is 16.9. The van der Waals surface area contributed by atoms with Crippen LogP contribution < -0.4 is 0 Å². The van der Waals surface area contributed by atoms with Gasteiger partial charge in [0.2, 0.25) is 0 Å². The molecule has 3 saturated carbocycles. The van der Waals surface area contributed by atoms with E-state index in [9.17, 15) is 0 Å². The van der Waals surface area contributed by atoms with Crippen LogP contribution in [0, 0.1) is 28.6 Å². The van der Waals surface area contributed by atoms with Crippen molar-refractivity contribution in [2.24, 2.45) is 28.6 Å². The summed E-state index contributed by atoms with van der Waals surface area (Å²) in [5.74, 6) is 3.96. The number of benzene rings is 1. The molecule has 5 atom stereocenters. The molecular weight excluding hydrogens is 442 g/mol. The molecule has 0 amide bonds. The van der Waals surface area contributed by atoms with E-state index < -0.39 is 0 Å². The van der Waals surface area contributed by atoms with Crippen molar-refractivity contribution in [1.29, 1.82) is 0 Å². The lowest BCUT2D eigenvalue weighted by atomic mass is 9.48. The predicted molar refractivity (Wildman–Crippen MR) is 155 cm³/mol. The van der Waals surface area contributed by atoms with Crippen LogP contribution in [0.2, 0.25) is 0 Å². The molecule has 0 N–H and O–H groups in total. The third-order valence-corrected chi connectivity index (χ3v) is 10.1. The number of aromatic nitrogens is 1. The number of pyridine rings is 1. The molecule has 0 aliphatic heterocycles. The van der Waals surface area contributed by atoms with E-state index in [0.29, 0.717) is 10.8 Å². The van der Waals surface area contributed by atoms with Crippen LogP contribution in [0.5, 0.6) is 0 Å². The fraction of sp³-hybridized carbons (Fsp3) is 0.545. The molecule has 0 bridgehead atoms. The first-order valence-corrected chi connectivity index (χ1v) is 15.0. The maximum absolute atomic E-state index is 4.53. The van der Waals surface area contributed by atoms with Gasteiger partial charge in [0.05, 0.1) is 10.5 Å². The second-order valence-electron chi connectivity index (χ2n) is 11.1. The van der Waals surface area contributed by atoms with E-state index in [-0.39, 0.29) is 0 Å². The average molecular weight is 488 g/mol. The predicted octanol–water partition coefficient (Wildman–Crippen LogP) is 10.0. The zero-order chi connectivity index (χ0) is 25.1. The van der Waals surface area contributed by atoms with Gasteiger partial charge in [0.1, 0.15) is 0 Å². The molecule has 0 radical (unpaired) electrons. The highest BCUT2D eigenvalue weighted by molar-refractivity contribution is 7.99. The summed E-state index contributed by atoms with van der Waals surface area (Å²) in [6, 6.07) is 12.4. The van der Waals surface area contributed by atoms with Crippen molar-refractivity contribution in [2.75, 3.05) is 5.75 Å². The van der Waals surface area contributed by atoms with Crippen molar-refractivity contribution < 1.29 is 0 Å². The summed E-state index contributed by atoms with van der Waals surface area (Å²) in [5, 5.41) is 2.32. The summed E-state index contributed by atoms with van der Waals surface area (Å²) in [6.45, 7) is 15.4. The highest BCUT2D eigenvalue weighted by Gasteiger charge is 2.55. The molecule has 4 aliphatic rings. The van der Waals surface area contributed by atoms with Gasteiger partial charge in [-0.05, 0) is 85.2 Å². The van der Waals surface area contributed by atoms with Crippen LogP contribution in [0.1, 0.15) is 79.6 Å². The molecular formula is C33H45NS. The molecule has 1 aromatic carbocycles. The molecule has 5 unspecified atom stereocenters. The number of allylic oxidation sites excluding steroid dienone is 5. The smallest absolute Gasteiger partial charge is 0.0967 e. The zero-order valence-electron chi connectivity index (χ0n) is 22.6. The number of para-hydroxylation sites is 1. The van der Waals surface area contributed by atoms with Crippen molar-refractivity contribution in [2.45, 2.75) is 84.6 Å². The van der Waals surface area contributed by atoms with Gasteiger partial charge in [0.25, 0.3) is 0 Å². The number of rotatable bonds is 2. The van der Waals surface area contributed by atoms with Crippen LogP contribution in [0.15, 0.2) is 77.4 Å². The van der Waals surface area contributed by atoms with Gasteiger partial charge in [-0.3, -0.25) is 0 Å². The topological polar surface area (TPSA) is 12.9 Å². The molecule has 188 valence electrons. The Hall–Kier alpha value is -1.80. The standard InChI is InChI=1S/C20H28.C11H11NS.C2H6/c1-14-8-12-20(3)15(13-14)6-7-16-17-5-4-10-19(17,2)11-9-18(16)20;1-2-13-11-8-7-9-5-3-4-6-10(9)12-11;1-2/h8,12-13,16-18H,1,4-7,9-11H2,2-3H3;3-8H,2H2,1H3;1-2H3. The van der Waals surface area contributed by atoms with Crippen molar-refractivity contribution in [1.82, 2.24) is 4.98 Å². The summed E-state index contributed by atoms with van der Waals surface area (Å²) in [6.07, 6.45) is 17.3. The van der Waals surface area contributed by atoms with Crippen LogP contribution >= 0.6 is 11.8 Å². The van der Waals surface area contributed by atoms with Crippen molar-refractivity contribution in [3.63, 3.8) is 0 Å². The molecule has 4 aliphatic carbocycles. The SMILES string of the molecule is C=C1C=CC2(C)C(=C1)CCC1C3CCCC3(C)CCC12.CC.CCSc1ccc2ccccc2n1. The van der Waals surface area contributed by atoms with Crippen molar-refractivity contribution in [3.05, 3.63) is 72.4 Å². The van der Waals surface area contributed by atoms with Gasteiger partial charge in [0.15, 0.2) is 0 Å². The molecule has 0 spiro atoms. The Balaban J connectivity index is 0.000000167. The molecule has 1 aromatic heterocycles. The van der Waals surface area contributed by atoms with Crippen LogP contribution in [0.4, 0.5) is 0 Å². The van der Waals surface area contributed by atoms with Crippen LogP contribution in [-0.4, -0.2) is 10.7 Å². The number of hydrogen-bond acceptors (Lipinski definition) is 2. The Bertz CT molecular complexity index is 1100. The van der Waals surface area contributed by atoms with Gasteiger partial charge in [-0.15, -0.1) is 11.8 Å². The lowest BCUT2D eigenvalue weighted by molar-refractivity contribution is -0.0150. The minimum Gasteiger partial charge on any atom is -0.241 e. The Labute approximate surface area is 218 Å². The summed E-state index contributed by atoms with van der Waals surface area (Å²) in [7, 11) is 0. The zero-order valence-corrected chi connectivity index (χ0v) is 23.5. The Morgan fingerprint density at radius 3 is 2.60 bits per heavy atom. The van der Waals surface area contributed by atoms with E-state index in [1.807, 2.05) is 26.0 Å². The van der Waals surface area contributed by atoms with E-state index in [2.05, 4.69) is 74.8 Å². The second kappa shape index (κ2) is 11.1. The summed E-state index contributed by atoms with van der Waals surface area (Å²) in [5.41, 5.74) is 4.99. The largest absolute Gasteiger partial charge is 0.241 e. The van der Waals surface area contributed by atoms with Gasteiger partial charge < -0.3 is 0 Å². The third-order valence-electron chi connectivity index (χ3n) is 9.30. The van der Waals surface area contributed by atoms with Gasteiger partial charge in [-0.25, -0.2) is 4.98 Å². The van der Waals surface area contributed by atoms with Gasteiger partial charge >= 0.3 is 0 Å². The van der Waals surface area contributed by atoms with Crippen LogP contribution in [0.25, 0.3) is 10.9 Å². The maximum atomic E-state index is 4.53. The van der Waals surface area contributed by atoms with E-state index in [1.165, 1.54) is 55.9 Å². The first kappa shape index (κ1) is 26.3. The summed E-state index contributed by atoms with van der Waals surface area (Å²) < 4.78 is 0. The Morgan fingerprint density at radius 2 is 1.80 bits per heavy atom. The summed E-state index contributed by atoms with van der Waals surface area (Å²) >= 11 is 1.78. The highest BCUT2D eigenvalue weighted by atomic mass is 32.2. The fourth-order valence-electron chi connectivity index (χ4n) is 7.54. The number of fused-ring (bicyclic) bond motifs is 6. The summed E-state index contributed by atoms with van der Waals surface area (Å²) in [4.78, 5) is 4.53. The van der Waals surface area contributed by atoms with E-state index in [4.69, 9.17) is 0 Å². The molecule has 1 heterocycles. The lowest BCUT2D eigenvalue weighted by Gasteiger charge is -2.56. The molecule has 35 heavy (non-hydrogen) atoms. The monoisotopic (exact) mass is 487 g/mol. The molecule has 2 aromatic rings. The van der Waals surface area contributed by atoms with Crippen molar-refractivity contribution in [3.8, 4) is 0 Å². The van der Waals surface area contributed by atoms with E-state index in [0.717, 1.165) is 34.0 Å². The number of hydrogen-bond donors (Lipinski definition) is 0.